The molecule has 1 aliphatic rings. The molecule has 1 unspecified atom stereocenters. The van der Waals surface area contributed by atoms with Gasteiger partial charge in [0.05, 0.1) is 17.7 Å². The standard InChI is InChI=1S/C26H30BrN3O4/c1-5-6-13-30-17(4)22(25(32)34-16(2)3)23(29-26(30)33)18-9-8-12-21(15-18)28-24(31)19-10-7-11-20(27)14-19/h7-12,14-16,23H,5-6,13H2,1-4H3,(H,28,31)(H,29,33). The Labute approximate surface area is 208 Å². The quantitative estimate of drug-likeness (QED) is 0.425. The van der Waals surface area contributed by atoms with Crippen molar-refractivity contribution in [1.82, 2.24) is 10.2 Å². The number of esters is 1. The first-order valence-electron chi connectivity index (χ1n) is 11.4. The van der Waals surface area contributed by atoms with Crippen molar-refractivity contribution in [3.63, 3.8) is 0 Å². The fraction of sp³-hybridized carbons (Fsp3) is 0.346. The predicted molar refractivity (Wildman–Crippen MR) is 135 cm³/mol. The molecule has 34 heavy (non-hydrogen) atoms. The number of hydrogen-bond acceptors (Lipinski definition) is 4. The van der Waals surface area contributed by atoms with Crippen molar-refractivity contribution in [3.05, 3.63) is 75.4 Å². The molecular weight excluding hydrogens is 498 g/mol. The molecule has 0 bridgehead atoms. The second-order valence-electron chi connectivity index (χ2n) is 8.43. The van der Waals surface area contributed by atoms with Gasteiger partial charge in [0.2, 0.25) is 0 Å². The van der Waals surface area contributed by atoms with E-state index in [2.05, 4.69) is 26.6 Å². The number of allylic oxidation sites excluding steroid dienone is 1. The van der Waals surface area contributed by atoms with Crippen molar-refractivity contribution >= 4 is 39.5 Å². The number of carbonyl (C=O) groups excluding carboxylic acids is 3. The van der Waals surface area contributed by atoms with Gasteiger partial charge in [0.15, 0.2) is 0 Å². The fourth-order valence-corrected chi connectivity index (χ4v) is 4.19. The van der Waals surface area contributed by atoms with Gasteiger partial charge < -0.3 is 15.4 Å². The zero-order valence-electron chi connectivity index (χ0n) is 19.9. The number of ether oxygens (including phenoxy) is 1. The number of halogens is 1. The van der Waals surface area contributed by atoms with E-state index >= 15 is 0 Å². The van der Waals surface area contributed by atoms with Crippen molar-refractivity contribution in [1.29, 1.82) is 0 Å². The van der Waals surface area contributed by atoms with Gasteiger partial charge in [-0.3, -0.25) is 9.69 Å². The monoisotopic (exact) mass is 527 g/mol. The van der Waals surface area contributed by atoms with Gasteiger partial charge in [0.1, 0.15) is 0 Å². The largest absolute Gasteiger partial charge is 0.459 e. The summed E-state index contributed by atoms with van der Waals surface area (Å²) >= 11 is 3.38. The molecule has 8 heteroatoms. The van der Waals surface area contributed by atoms with Gasteiger partial charge in [-0.2, -0.15) is 0 Å². The average molecular weight is 528 g/mol. The molecule has 3 amide bonds. The lowest BCUT2D eigenvalue weighted by molar-refractivity contribution is -0.143. The summed E-state index contributed by atoms with van der Waals surface area (Å²) < 4.78 is 6.32. The molecule has 2 N–H and O–H groups in total. The lowest BCUT2D eigenvalue weighted by Crippen LogP contribution is -2.48. The number of hydrogen-bond donors (Lipinski definition) is 2. The van der Waals surface area contributed by atoms with Crippen LogP contribution in [0.2, 0.25) is 0 Å². The van der Waals surface area contributed by atoms with Gasteiger partial charge in [-0.05, 0) is 63.1 Å². The van der Waals surface area contributed by atoms with Gasteiger partial charge in [-0.15, -0.1) is 0 Å². The predicted octanol–water partition coefficient (Wildman–Crippen LogP) is 5.79. The minimum Gasteiger partial charge on any atom is -0.459 e. The van der Waals surface area contributed by atoms with Crippen LogP contribution < -0.4 is 10.6 Å². The molecule has 0 spiro atoms. The maximum atomic E-state index is 13.1. The summed E-state index contributed by atoms with van der Waals surface area (Å²) in [4.78, 5) is 40.3. The van der Waals surface area contributed by atoms with Gasteiger partial charge >= 0.3 is 12.0 Å². The van der Waals surface area contributed by atoms with Crippen LogP contribution in [0.25, 0.3) is 0 Å². The molecule has 0 saturated heterocycles. The third kappa shape index (κ3) is 6.05. The van der Waals surface area contributed by atoms with E-state index in [4.69, 9.17) is 4.74 Å². The minimum absolute atomic E-state index is 0.261. The second kappa shape index (κ2) is 11.3. The third-order valence-electron chi connectivity index (χ3n) is 5.46. The van der Waals surface area contributed by atoms with Crippen LogP contribution in [0.3, 0.4) is 0 Å². The van der Waals surface area contributed by atoms with Crippen molar-refractivity contribution in [2.45, 2.75) is 52.7 Å². The number of anilines is 1. The number of benzene rings is 2. The van der Waals surface area contributed by atoms with Gasteiger partial charge in [-0.25, -0.2) is 9.59 Å². The zero-order chi connectivity index (χ0) is 24.8. The summed E-state index contributed by atoms with van der Waals surface area (Å²) in [6.07, 6.45) is 1.44. The normalized spacial score (nSPS) is 15.9. The highest BCUT2D eigenvalue weighted by Crippen LogP contribution is 2.33. The topological polar surface area (TPSA) is 87.7 Å². The van der Waals surface area contributed by atoms with Crippen LogP contribution in [-0.2, 0) is 9.53 Å². The summed E-state index contributed by atoms with van der Waals surface area (Å²) in [6, 6.07) is 13.3. The number of nitrogens with one attached hydrogen (secondary N) is 2. The van der Waals surface area contributed by atoms with Gasteiger partial charge in [0.25, 0.3) is 5.91 Å². The average Bonchev–Trinajstić information content (AvgIpc) is 2.78. The lowest BCUT2D eigenvalue weighted by atomic mass is 9.94. The molecule has 180 valence electrons. The first-order chi connectivity index (χ1) is 16.2. The van der Waals surface area contributed by atoms with Crippen LogP contribution >= 0.6 is 15.9 Å². The molecule has 1 aliphatic heterocycles. The van der Waals surface area contributed by atoms with E-state index in [1.807, 2.05) is 19.1 Å². The highest BCUT2D eigenvalue weighted by Gasteiger charge is 2.36. The summed E-state index contributed by atoms with van der Waals surface area (Å²) in [5.74, 6) is -0.731. The van der Waals surface area contributed by atoms with Crippen molar-refractivity contribution in [2.24, 2.45) is 0 Å². The van der Waals surface area contributed by atoms with Gasteiger partial charge in [0, 0.05) is 28.0 Å². The smallest absolute Gasteiger partial charge is 0.338 e. The Morgan fingerprint density at radius 1 is 1.18 bits per heavy atom. The summed E-state index contributed by atoms with van der Waals surface area (Å²) in [7, 11) is 0. The molecule has 0 fully saturated rings. The number of amides is 3. The molecule has 7 nitrogen and oxygen atoms in total. The van der Waals surface area contributed by atoms with Crippen LogP contribution in [-0.4, -0.2) is 35.5 Å². The molecule has 2 aromatic carbocycles. The SMILES string of the molecule is CCCCN1C(=O)NC(c2cccc(NC(=O)c3cccc(Br)c3)c2)C(C(=O)OC(C)C)=C1C. The Kier molecular flexibility index (Phi) is 8.50. The first-order valence-corrected chi connectivity index (χ1v) is 12.2. The first kappa shape index (κ1) is 25.5. The number of nitrogens with zero attached hydrogens (tertiary/aromatic N) is 1. The minimum atomic E-state index is -0.695. The molecule has 1 heterocycles. The zero-order valence-corrected chi connectivity index (χ0v) is 21.4. The molecule has 0 radical (unpaired) electrons. The van der Waals surface area contributed by atoms with E-state index in [1.54, 1.807) is 62.1 Å². The molecule has 1 atom stereocenters. The molecule has 2 aromatic rings. The summed E-state index contributed by atoms with van der Waals surface area (Å²) in [6.45, 7) is 7.92. The Hall–Kier alpha value is -3.13. The Balaban J connectivity index is 1.94. The van der Waals surface area contributed by atoms with Gasteiger partial charge in [-0.1, -0.05) is 47.5 Å². The Morgan fingerprint density at radius 2 is 1.91 bits per heavy atom. The highest BCUT2D eigenvalue weighted by atomic mass is 79.9. The fourth-order valence-electron chi connectivity index (χ4n) is 3.79. The molecule has 0 saturated carbocycles. The summed E-state index contributed by atoms with van der Waals surface area (Å²) in [5.41, 5.74) is 2.70. The summed E-state index contributed by atoms with van der Waals surface area (Å²) in [5, 5.41) is 5.84. The van der Waals surface area contributed by atoms with E-state index in [1.165, 1.54) is 0 Å². The van der Waals surface area contributed by atoms with Crippen molar-refractivity contribution in [3.8, 4) is 0 Å². The van der Waals surface area contributed by atoms with Crippen molar-refractivity contribution in [2.75, 3.05) is 11.9 Å². The van der Waals surface area contributed by atoms with E-state index < -0.39 is 12.0 Å². The van der Waals surface area contributed by atoms with Crippen LogP contribution in [0, 0.1) is 0 Å². The van der Waals surface area contributed by atoms with Crippen LogP contribution in [0.5, 0.6) is 0 Å². The molecule has 0 aliphatic carbocycles. The lowest BCUT2D eigenvalue weighted by Gasteiger charge is -2.35. The highest BCUT2D eigenvalue weighted by molar-refractivity contribution is 9.10. The van der Waals surface area contributed by atoms with E-state index in [-0.39, 0.29) is 18.0 Å². The Bertz CT molecular complexity index is 1110. The number of rotatable bonds is 8. The van der Waals surface area contributed by atoms with Crippen LogP contribution in [0.1, 0.15) is 62.5 Å². The number of unbranched alkanes of at least 4 members (excludes halogenated alkanes) is 1. The van der Waals surface area contributed by atoms with Crippen LogP contribution in [0.4, 0.5) is 10.5 Å². The third-order valence-corrected chi connectivity index (χ3v) is 5.95. The molecule has 3 rings (SSSR count). The van der Waals surface area contributed by atoms with E-state index in [9.17, 15) is 14.4 Å². The van der Waals surface area contributed by atoms with Crippen LogP contribution in [0.15, 0.2) is 64.3 Å². The Morgan fingerprint density at radius 3 is 2.59 bits per heavy atom. The molecular formula is C26H30BrN3O4. The number of urea groups is 1. The van der Waals surface area contributed by atoms with E-state index in [0.29, 0.717) is 34.6 Å². The maximum Gasteiger partial charge on any atom is 0.338 e. The maximum absolute atomic E-state index is 13.1. The van der Waals surface area contributed by atoms with E-state index in [0.717, 1.165) is 17.3 Å². The molecule has 0 aromatic heterocycles. The second-order valence-corrected chi connectivity index (χ2v) is 9.35. The number of carbonyl (C=O) groups is 3. The van der Waals surface area contributed by atoms with Crippen molar-refractivity contribution < 1.29 is 19.1 Å².